The van der Waals surface area contributed by atoms with E-state index in [0.717, 1.165) is 32.4 Å². The van der Waals surface area contributed by atoms with Gasteiger partial charge in [0.1, 0.15) is 0 Å². The molecule has 0 radical (unpaired) electrons. The summed E-state index contributed by atoms with van der Waals surface area (Å²) in [6.45, 7) is 16.4. The molecular weight excluding hydrogens is 236 g/mol. The molecule has 0 aromatic carbocycles. The first kappa shape index (κ1) is 20.7. The first-order valence-corrected chi connectivity index (χ1v) is 7.90. The molecule has 1 fully saturated rings. The van der Waals surface area contributed by atoms with Crippen molar-refractivity contribution in [3.8, 4) is 0 Å². The maximum absolute atomic E-state index is 11.7. The van der Waals surface area contributed by atoms with Gasteiger partial charge in [-0.25, -0.2) is 0 Å². The molecule has 1 atom stereocenters. The third-order valence-corrected chi connectivity index (χ3v) is 3.22. The van der Waals surface area contributed by atoms with Crippen LogP contribution in [0.3, 0.4) is 0 Å². The molecule has 0 aliphatic carbocycles. The van der Waals surface area contributed by atoms with Crippen molar-refractivity contribution in [3.63, 3.8) is 0 Å². The van der Waals surface area contributed by atoms with Crippen molar-refractivity contribution >= 4 is 5.91 Å². The van der Waals surface area contributed by atoms with E-state index < -0.39 is 0 Å². The largest absolute Gasteiger partial charge is 0.341 e. The molecular formula is C16H36N2O. The molecule has 0 spiro atoms. The number of carbonyl (C=O) groups is 1. The summed E-state index contributed by atoms with van der Waals surface area (Å²) in [6.07, 6.45) is 2.96. The van der Waals surface area contributed by atoms with E-state index in [1.54, 1.807) is 0 Å². The molecule has 3 heteroatoms. The van der Waals surface area contributed by atoms with Crippen LogP contribution in [0.1, 0.15) is 67.7 Å². The van der Waals surface area contributed by atoms with Gasteiger partial charge in [0, 0.05) is 25.6 Å². The van der Waals surface area contributed by atoms with E-state index in [-0.39, 0.29) is 5.41 Å². The first-order valence-electron chi connectivity index (χ1n) is 7.90. The van der Waals surface area contributed by atoms with Crippen LogP contribution < -0.4 is 5.32 Å². The number of hydrogen-bond donors (Lipinski definition) is 1. The molecule has 1 aliphatic rings. The third kappa shape index (κ3) is 8.25. The number of piperidine rings is 1. The summed E-state index contributed by atoms with van der Waals surface area (Å²) in [7, 11) is 1.98. The highest BCUT2D eigenvalue weighted by Crippen LogP contribution is 2.21. The van der Waals surface area contributed by atoms with Crippen LogP contribution in [0.25, 0.3) is 0 Å². The Labute approximate surface area is 121 Å². The minimum atomic E-state index is 0.201. The van der Waals surface area contributed by atoms with Crippen molar-refractivity contribution in [2.75, 3.05) is 20.1 Å². The normalized spacial score (nSPS) is 16.8. The van der Waals surface area contributed by atoms with Crippen molar-refractivity contribution in [2.24, 2.45) is 5.41 Å². The second-order valence-corrected chi connectivity index (χ2v) is 5.50. The average Bonchev–Trinajstić information content (AvgIpc) is 2.41. The van der Waals surface area contributed by atoms with Gasteiger partial charge in [-0.3, -0.25) is 4.79 Å². The Hall–Kier alpha value is -0.570. The SMILES string of the molecule is CC.CC.CNC(CN1CCCCC1=O)C(C)(C)C. The van der Waals surface area contributed by atoms with Crippen molar-refractivity contribution in [1.29, 1.82) is 0 Å². The van der Waals surface area contributed by atoms with E-state index in [9.17, 15) is 4.79 Å². The predicted molar refractivity (Wildman–Crippen MR) is 85.4 cm³/mol. The van der Waals surface area contributed by atoms with E-state index in [4.69, 9.17) is 0 Å². The zero-order chi connectivity index (χ0) is 15.5. The Balaban J connectivity index is 0. The second kappa shape index (κ2) is 11.3. The number of likely N-dealkylation sites (N-methyl/N-ethyl adjacent to an activating group) is 1. The van der Waals surface area contributed by atoms with E-state index in [2.05, 4.69) is 26.1 Å². The van der Waals surface area contributed by atoms with Gasteiger partial charge < -0.3 is 10.2 Å². The molecule has 0 saturated carbocycles. The molecule has 1 rings (SSSR count). The fourth-order valence-electron chi connectivity index (χ4n) is 2.07. The van der Waals surface area contributed by atoms with Gasteiger partial charge in [0.05, 0.1) is 0 Å². The van der Waals surface area contributed by atoms with Gasteiger partial charge in [0.25, 0.3) is 0 Å². The molecule has 1 aliphatic heterocycles. The number of nitrogens with one attached hydrogen (secondary N) is 1. The summed E-state index contributed by atoms with van der Waals surface area (Å²) in [5, 5.41) is 3.32. The van der Waals surface area contributed by atoms with Gasteiger partial charge in [0.2, 0.25) is 5.91 Å². The van der Waals surface area contributed by atoms with E-state index in [1.165, 1.54) is 0 Å². The standard InChI is InChI=1S/C12H24N2O.2C2H6/c1-12(2,3)10(13-4)9-14-8-6-5-7-11(14)15;2*1-2/h10,13H,5-9H2,1-4H3;2*1-2H3. The lowest BCUT2D eigenvalue weighted by Gasteiger charge is -2.36. The summed E-state index contributed by atoms with van der Waals surface area (Å²) in [5.41, 5.74) is 0.201. The molecule has 1 unspecified atom stereocenters. The van der Waals surface area contributed by atoms with Gasteiger partial charge in [0.15, 0.2) is 0 Å². The van der Waals surface area contributed by atoms with E-state index in [0.29, 0.717) is 11.9 Å². The van der Waals surface area contributed by atoms with Crippen LogP contribution in [0.4, 0.5) is 0 Å². The monoisotopic (exact) mass is 272 g/mol. The molecule has 3 nitrogen and oxygen atoms in total. The molecule has 1 saturated heterocycles. The lowest BCUT2D eigenvalue weighted by Crippen LogP contribution is -2.50. The van der Waals surface area contributed by atoms with Crippen LogP contribution in [0.5, 0.6) is 0 Å². The van der Waals surface area contributed by atoms with E-state index in [1.807, 2.05) is 39.6 Å². The van der Waals surface area contributed by atoms with Gasteiger partial charge in [-0.1, -0.05) is 48.5 Å². The van der Waals surface area contributed by atoms with E-state index >= 15 is 0 Å². The summed E-state index contributed by atoms with van der Waals surface area (Å²) >= 11 is 0. The fourth-order valence-corrected chi connectivity index (χ4v) is 2.07. The van der Waals surface area contributed by atoms with Gasteiger partial charge >= 0.3 is 0 Å². The van der Waals surface area contributed by atoms with Crippen molar-refractivity contribution in [3.05, 3.63) is 0 Å². The highest BCUT2D eigenvalue weighted by molar-refractivity contribution is 5.76. The Morgan fingerprint density at radius 2 is 1.68 bits per heavy atom. The first-order chi connectivity index (χ1) is 8.95. The van der Waals surface area contributed by atoms with Crippen LogP contribution in [-0.4, -0.2) is 37.0 Å². The minimum Gasteiger partial charge on any atom is -0.341 e. The smallest absolute Gasteiger partial charge is 0.222 e. The summed E-state index contributed by atoms with van der Waals surface area (Å²) < 4.78 is 0. The average molecular weight is 272 g/mol. The van der Waals surface area contributed by atoms with Crippen LogP contribution in [0.15, 0.2) is 0 Å². The Morgan fingerprint density at radius 3 is 2.05 bits per heavy atom. The van der Waals surface area contributed by atoms with Crippen LogP contribution in [0, 0.1) is 5.41 Å². The van der Waals surface area contributed by atoms with Crippen LogP contribution >= 0.6 is 0 Å². The maximum Gasteiger partial charge on any atom is 0.222 e. The van der Waals surface area contributed by atoms with Gasteiger partial charge in [-0.05, 0) is 25.3 Å². The highest BCUT2D eigenvalue weighted by atomic mass is 16.2. The maximum atomic E-state index is 11.7. The Morgan fingerprint density at radius 1 is 1.16 bits per heavy atom. The number of likely N-dealkylation sites (tertiary alicyclic amines) is 1. The number of amides is 1. The number of rotatable bonds is 3. The topological polar surface area (TPSA) is 32.3 Å². The molecule has 19 heavy (non-hydrogen) atoms. The fraction of sp³-hybridized carbons (Fsp3) is 0.938. The van der Waals surface area contributed by atoms with Gasteiger partial charge in [-0.2, -0.15) is 0 Å². The molecule has 0 aromatic rings. The Kier molecular flexibility index (Phi) is 12.3. The molecule has 1 heterocycles. The second-order valence-electron chi connectivity index (χ2n) is 5.50. The minimum absolute atomic E-state index is 0.201. The molecule has 1 amide bonds. The number of hydrogen-bond acceptors (Lipinski definition) is 2. The van der Waals surface area contributed by atoms with Crippen LogP contribution in [-0.2, 0) is 4.79 Å². The van der Waals surface area contributed by atoms with Gasteiger partial charge in [-0.15, -0.1) is 0 Å². The molecule has 116 valence electrons. The quantitative estimate of drug-likeness (QED) is 0.850. The van der Waals surface area contributed by atoms with Crippen LogP contribution in [0.2, 0.25) is 0 Å². The zero-order valence-electron chi connectivity index (χ0n) is 14.5. The summed E-state index contributed by atoms with van der Waals surface area (Å²) in [6, 6.07) is 0.375. The third-order valence-electron chi connectivity index (χ3n) is 3.22. The predicted octanol–water partition coefficient (Wildman–Crippen LogP) is 3.69. The zero-order valence-corrected chi connectivity index (χ0v) is 14.5. The number of nitrogens with zero attached hydrogens (tertiary/aromatic N) is 1. The van der Waals surface area contributed by atoms with Crippen molar-refractivity contribution in [2.45, 2.75) is 73.8 Å². The summed E-state index contributed by atoms with van der Waals surface area (Å²) in [4.78, 5) is 13.7. The Bertz CT molecular complexity index is 221. The molecule has 1 N–H and O–H groups in total. The molecule has 0 bridgehead atoms. The lowest BCUT2D eigenvalue weighted by atomic mass is 9.86. The van der Waals surface area contributed by atoms with Crippen molar-refractivity contribution in [1.82, 2.24) is 10.2 Å². The lowest BCUT2D eigenvalue weighted by molar-refractivity contribution is -0.134. The van der Waals surface area contributed by atoms with Crippen molar-refractivity contribution < 1.29 is 4.79 Å². The summed E-state index contributed by atoms with van der Waals surface area (Å²) in [5.74, 6) is 0.325. The number of carbonyl (C=O) groups excluding carboxylic acids is 1. The molecule has 0 aromatic heterocycles. The highest BCUT2D eigenvalue weighted by Gasteiger charge is 2.28.